The van der Waals surface area contributed by atoms with E-state index < -0.39 is 29.5 Å². The third kappa shape index (κ3) is 6.06. The third-order valence-electron chi connectivity index (χ3n) is 7.14. The van der Waals surface area contributed by atoms with Gasteiger partial charge in [0.15, 0.2) is 0 Å². The fourth-order valence-electron chi connectivity index (χ4n) is 4.87. The number of rotatable bonds is 10. The molecule has 1 heterocycles. The predicted octanol–water partition coefficient (Wildman–Crippen LogP) is 7.09. The Hall–Kier alpha value is -3.55. The van der Waals surface area contributed by atoms with Crippen LogP contribution in [0.2, 0.25) is 0 Å². The molecule has 196 valence electrons. The van der Waals surface area contributed by atoms with Crippen molar-refractivity contribution in [1.29, 1.82) is 0 Å². The summed E-state index contributed by atoms with van der Waals surface area (Å²) in [5, 5.41) is 11.7. The molecule has 0 bridgehead atoms. The Labute approximate surface area is 214 Å². The van der Waals surface area contributed by atoms with E-state index in [0.717, 1.165) is 37.4 Å². The zero-order chi connectivity index (χ0) is 26.7. The van der Waals surface area contributed by atoms with Gasteiger partial charge in [-0.05, 0) is 80.3 Å². The van der Waals surface area contributed by atoms with E-state index in [-0.39, 0.29) is 17.6 Å². The van der Waals surface area contributed by atoms with Crippen LogP contribution in [0.5, 0.6) is 0 Å². The van der Waals surface area contributed by atoms with Crippen LogP contribution >= 0.6 is 0 Å². The minimum atomic E-state index is -4.67. The van der Waals surface area contributed by atoms with Gasteiger partial charge in [0.1, 0.15) is 5.69 Å². The number of carbonyl (C=O) groups is 2. The number of aromatic nitrogens is 1. The number of nitrogens with zero attached hydrogens (tertiary/aromatic N) is 1. The molecule has 0 unspecified atom stereocenters. The van der Waals surface area contributed by atoms with Crippen molar-refractivity contribution in [2.75, 3.05) is 5.32 Å². The van der Waals surface area contributed by atoms with Crippen LogP contribution in [0, 0.1) is 5.92 Å². The molecule has 0 spiro atoms. The number of aryl methyl sites for hydroxylation is 2. The lowest BCUT2D eigenvalue weighted by molar-refractivity contribution is -0.139. The van der Waals surface area contributed by atoms with Crippen molar-refractivity contribution < 1.29 is 27.9 Å². The standard InChI is InChI=1S/C29H31F3N2O3/c1-3-18(2)34-21(11-7-10-19-8-5-4-6-9-19)13-15-26(34)27(35)33-25-16-20(22-17-23(22)28(36)37)12-14-24(25)29(30,31)32/h4-6,8-9,12-16,18,22-23H,3,7,10-11,17H2,1-2H3,(H,33,35)(H,36,37)/t18-,22+,23+/m0/s1. The van der Waals surface area contributed by atoms with E-state index in [9.17, 15) is 27.9 Å². The van der Waals surface area contributed by atoms with E-state index in [1.54, 1.807) is 6.07 Å². The molecule has 1 fully saturated rings. The molecule has 1 aliphatic carbocycles. The summed E-state index contributed by atoms with van der Waals surface area (Å²) in [5.41, 5.74) is 1.66. The number of carbonyl (C=O) groups excluding carboxylic acids is 1. The van der Waals surface area contributed by atoms with Crippen molar-refractivity contribution in [3.05, 3.63) is 88.7 Å². The number of anilines is 1. The highest BCUT2D eigenvalue weighted by Gasteiger charge is 2.45. The highest BCUT2D eigenvalue weighted by atomic mass is 19.4. The lowest BCUT2D eigenvalue weighted by Gasteiger charge is -2.20. The van der Waals surface area contributed by atoms with Gasteiger partial charge in [-0.2, -0.15) is 13.2 Å². The zero-order valence-electron chi connectivity index (χ0n) is 20.9. The number of aliphatic carboxylic acids is 1. The number of halogens is 3. The molecular formula is C29H31F3N2O3. The Morgan fingerprint density at radius 1 is 1.08 bits per heavy atom. The second-order valence-electron chi connectivity index (χ2n) is 9.72. The fraction of sp³-hybridized carbons (Fsp3) is 0.379. The minimum Gasteiger partial charge on any atom is -0.481 e. The monoisotopic (exact) mass is 512 g/mol. The van der Waals surface area contributed by atoms with Crippen LogP contribution in [-0.4, -0.2) is 21.6 Å². The average molecular weight is 513 g/mol. The van der Waals surface area contributed by atoms with E-state index in [1.165, 1.54) is 17.7 Å². The number of amides is 1. The number of carboxylic acids is 1. The van der Waals surface area contributed by atoms with Crippen LogP contribution < -0.4 is 5.32 Å². The van der Waals surface area contributed by atoms with Gasteiger partial charge in [-0.1, -0.05) is 43.3 Å². The molecule has 8 heteroatoms. The lowest BCUT2D eigenvalue weighted by Crippen LogP contribution is -2.22. The molecule has 1 aliphatic rings. The van der Waals surface area contributed by atoms with Crippen molar-refractivity contribution in [1.82, 2.24) is 4.57 Å². The molecule has 1 saturated carbocycles. The molecule has 0 radical (unpaired) electrons. The minimum absolute atomic E-state index is 0.0151. The molecule has 1 amide bonds. The van der Waals surface area contributed by atoms with Crippen LogP contribution in [0.15, 0.2) is 60.7 Å². The van der Waals surface area contributed by atoms with Gasteiger partial charge in [-0.3, -0.25) is 9.59 Å². The quantitative estimate of drug-likeness (QED) is 0.305. The molecule has 4 rings (SSSR count). The Morgan fingerprint density at radius 3 is 2.43 bits per heavy atom. The van der Waals surface area contributed by atoms with Crippen LogP contribution in [0.1, 0.15) is 77.9 Å². The molecule has 3 aromatic rings. The summed E-state index contributed by atoms with van der Waals surface area (Å²) in [4.78, 5) is 24.6. The van der Waals surface area contributed by atoms with Gasteiger partial charge in [0.2, 0.25) is 0 Å². The van der Waals surface area contributed by atoms with Crippen molar-refractivity contribution in [3.63, 3.8) is 0 Å². The maximum Gasteiger partial charge on any atom is 0.418 e. The number of benzene rings is 2. The summed E-state index contributed by atoms with van der Waals surface area (Å²) < 4.78 is 43.2. The number of hydrogen-bond acceptors (Lipinski definition) is 2. The summed E-state index contributed by atoms with van der Waals surface area (Å²) in [6.45, 7) is 3.98. The number of carboxylic acid groups (broad SMARTS) is 1. The molecule has 0 aliphatic heterocycles. The summed E-state index contributed by atoms with van der Waals surface area (Å²) in [6, 6.07) is 17.1. The van der Waals surface area contributed by atoms with Crippen molar-refractivity contribution in [3.8, 4) is 0 Å². The first-order chi connectivity index (χ1) is 17.6. The Bertz CT molecular complexity index is 1270. The highest BCUT2D eigenvalue weighted by molar-refractivity contribution is 6.04. The first kappa shape index (κ1) is 26.5. The topological polar surface area (TPSA) is 71.3 Å². The molecule has 1 aromatic heterocycles. The van der Waals surface area contributed by atoms with Gasteiger partial charge in [-0.25, -0.2) is 0 Å². The first-order valence-electron chi connectivity index (χ1n) is 12.6. The van der Waals surface area contributed by atoms with Crippen LogP contribution in [0.25, 0.3) is 0 Å². The van der Waals surface area contributed by atoms with Gasteiger partial charge >= 0.3 is 12.1 Å². The van der Waals surface area contributed by atoms with Crippen molar-refractivity contribution in [2.24, 2.45) is 5.92 Å². The van der Waals surface area contributed by atoms with E-state index in [1.807, 2.05) is 42.7 Å². The molecule has 2 aromatic carbocycles. The number of alkyl halides is 3. The molecule has 0 saturated heterocycles. The summed E-state index contributed by atoms with van der Waals surface area (Å²) in [6.07, 6.45) is -1.06. The third-order valence-corrected chi connectivity index (χ3v) is 7.14. The summed E-state index contributed by atoms with van der Waals surface area (Å²) >= 11 is 0. The van der Waals surface area contributed by atoms with Gasteiger partial charge in [-0.15, -0.1) is 0 Å². The van der Waals surface area contributed by atoms with Crippen molar-refractivity contribution >= 4 is 17.6 Å². The van der Waals surface area contributed by atoms with Crippen LogP contribution in [0.3, 0.4) is 0 Å². The summed E-state index contributed by atoms with van der Waals surface area (Å²) in [7, 11) is 0. The van der Waals surface area contributed by atoms with E-state index in [0.29, 0.717) is 17.7 Å². The fourth-order valence-corrected chi connectivity index (χ4v) is 4.87. The van der Waals surface area contributed by atoms with E-state index >= 15 is 0 Å². The van der Waals surface area contributed by atoms with Crippen LogP contribution in [0.4, 0.5) is 18.9 Å². The molecular weight excluding hydrogens is 481 g/mol. The lowest BCUT2D eigenvalue weighted by atomic mass is 10.0. The Balaban J connectivity index is 1.58. The second-order valence-corrected chi connectivity index (χ2v) is 9.72. The van der Waals surface area contributed by atoms with E-state index in [2.05, 4.69) is 17.4 Å². The van der Waals surface area contributed by atoms with Crippen molar-refractivity contribution in [2.45, 2.75) is 64.1 Å². The Morgan fingerprint density at radius 2 is 1.81 bits per heavy atom. The van der Waals surface area contributed by atoms with Crippen LogP contribution in [-0.2, 0) is 23.8 Å². The summed E-state index contributed by atoms with van der Waals surface area (Å²) in [5.74, 6) is -2.55. The Kier molecular flexibility index (Phi) is 7.76. The average Bonchev–Trinajstić information content (AvgIpc) is 3.57. The SMILES string of the molecule is CC[C@H](C)n1c(CCCc2ccccc2)ccc1C(=O)Nc1cc([C@H]2C[C@H]2C(=O)O)ccc1C(F)(F)F. The van der Waals surface area contributed by atoms with Gasteiger partial charge in [0.05, 0.1) is 17.2 Å². The first-order valence-corrected chi connectivity index (χ1v) is 12.6. The highest BCUT2D eigenvalue weighted by Crippen LogP contribution is 2.49. The van der Waals surface area contributed by atoms with Gasteiger partial charge in [0.25, 0.3) is 5.91 Å². The van der Waals surface area contributed by atoms with E-state index in [4.69, 9.17) is 0 Å². The molecule has 37 heavy (non-hydrogen) atoms. The van der Waals surface area contributed by atoms with Gasteiger partial charge in [0, 0.05) is 11.7 Å². The molecule has 3 atom stereocenters. The number of hydrogen-bond donors (Lipinski definition) is 2. The zero-order valence-corrected chi connectivity index (χ0v) is 20.9. The maximum atomic E-state index is 13.7. The largest absolute Gasteiger partial charge is 0.481 e. The van der Waals surface area contributed by atoms with Gasteiger partial charge < -0.3 is 15.0 Å². The molecule has 2 N–H and O–H groups in total. The normalized spacial score (nSPS) is 17.9. The number of nitrogens with one attached hydrogen (secondary N) is 1. The maximum absolute atomic E-state index is 13.7. The second kappa shape index (κ2) is 10.8. The smallest absolute Gasteiger partial charge is 0.418 e. The predicted molar refractivity (Wildman–Crippen MR) is 136 cm³/mol. The molecule has 5 nitrogen and oxygen atoms in total.